The van der Waals surface area contributed by atoms with E-state index in [0.717, 1.165) is 5.69 Å². The van der Waals surface area contributed by atoms with Crippen molar-refractivity contribution in [3.63, 3.8) is 0 Å². The fraction of sp³-hybridized carbons (Fsp3) is 0. The number of nitrogens with zero attached hydrogens (tertiary/aromatic N) is 1. The molecule has 0 N–H and O–H groups in total. The van der Waals surface area contributed by atoms with Gasteiger partial charge in [-0.3, -0.25) is 0 Å². The van der Waals surface area contributed by atoms with Crippen molar-refractivity contribution in [3.05, 3.63) is 224 Å². The molecule has 9 aromatic carbocycles. The van der Waals surface area contributed by atoms with Gasteiger partial charge in [0.15, 0.2) is 0 Å². The van der Waals surface area contributed by atoms with Gasteiger partial charge >= 0.3 is 0 Å². The summed E-state index contributed by atoms with van der Waals surface area (Å²) < 4.78 is 2.50. The Morgan fingerprint density at radius 3 is 1.16 bits per heavy atom. The molecule has 1 heteroatoms. The summed E-state index contributed by atoms with van der Waals surface area (Å²) in [6.07, 6.45) is 0. The van der Waals surface area contributed by atoms with Gasteiger partial charge < -0.3 is 4.57 Å². The Kier molecular flexibility index (Phi) is 8.24. The standard InChI is InChI=1S/C54H37N/c1-5-17-38(18-6-1)42-25-15-27-44(31-42)48-36-51(45-28-16-26-43(32-45)39-19-7-2-8-20-39)54-52(37-48)50-29-13-14-30-53(50)55(54)49-34-46(40-21-9-3-10-22-40)33-47(35-49)41-23-11-4-12-24-41/h1-37H. The first-order chi connectivity index (χ1) is 27.3. The van der Waals surface area contributed by atoms with E-state index in [-0.39, 0.29) is 0 Å². The van der Waals surface area contributed by atoms with Crippen molar-refractivity contribution in [2.45, 2.75) is 0 Å². The van der Waals surface area contributed by atoms with Gasteiger partial charge in [0, 0.05) is 22.0 Å². The number of rotatable bonds is 7. The van der Waals surface area contributed by atoms with Crippen LogP contribution in [0.4, 0.5) is 0 Å². The first-order valence-corrected chi connectivity index (χ1v) is 18.9. The van der Waals surface area contributed by atoms with E-state index in [2.05, 4.69) is 229 Å². The fourth-order valence-corrected chi connectivity index (χ4v) is 8.09. The third-order valence-electron chi connectivity index (χ3n) is 10.7. The third kappa shape index (κ3) is 6.12. The van der Waals surface area contributed by atoms with Crippen LogP contribution in [0.3, 0.4) is 0 Å². The molecule has 0 aliphatic rings. The van der Waals surface area contributed by atoms with Crippen LogP contribution < -0.4 is 0 Å². The van der Waals surface area contributed by atoms with Gasteiger partial charge in [-0.25, -0.2) is 0 Å². The molecule has 0 saturated carbocycles. The second-order valence-electron chi connectivity index (χ2n) is 14.2. The highest BCUT2D eigenvalue weighted by Crippen LogP contribution is 2.43. The van der Waals surface area contributed by atoms with Crippen LogP contribution in [-0.2, 0) is 0 Å². The number of hydrogen-bond acceptors (Lipinski definition) is 0. The predicted octanol–water partition coefficient (Wildman–Crippen LogP) is 14.8. The average molecular weight is 700 g/mol. The van der Waals surface area contributed by atoms with Crippen LogP contribution in [0.25, 0.3) is 94.3 Å². The monoisotopic (exact) mass is 699 g/mol. The van der Waals surface area contributed by atoms with E-state index in [9.17, 15) is 0 Å². The number of aromatic nitrogens is 1. The van der Waals surface area contributed by atoms with Gasteiger partial charge in [0.1, 0.15) is 0 Å². The van der Waals surface area contributed by atoms with Gasteiger partial charge in [-0.15, -0.1) is 0 Å². The van der Waals surface area contributed by atoms with Crippen LogP contribution in [0.1, 0.15) is 0 Å². The van der Waals surface area contributed by atoms with Gasteiger partial charge in [0.05, 0.1) is 11.0 Å². The van der Waals surface area contributed by atoms with Crippen molar-refractivity contribution in [2.24, 2.45) is 0 Å². The van der Waals surface area contributed by atoms with Crippen LogP contribution in [0, 0.1) is 0 Å². The number of hydrogen-bond donors (Lipinski definition) is 0. The lowest BCUT2D eigenvalue weighted by atomic mass is 9.92. The summed E-state index contributed by atoms with van der Waals surface area (Å²) in [5, 5.41) is 2.45. The van der Waals surface area contributed by atoms with Crippen LogP contribution in [-0.4, -0.2) is 4.57 Å². The fourth-order valence-electron chi connectivity index (χ4n) is 8.09. The molecule has 0 fully saturated rings. The molecule has 0 saturated heterocycles. The van der Waals surface area contributed by atoms with Gasteiger partial charge in [-0.2, -0.15) is 0 Å². The molecule has 0 spiro atoms. The molecule has 0 bridgehead atoms. The molecule has 0 unspecified atom stereocenters. The maximum Gasteiger partial charge on any atom is 0.0619 e. The van der Waals surface area contributed by atoms with E-state index in [1.165, 1.54) is 88.6 Å². The van der Waals surface area contributed by atoms with Gasteiger partial charge in [0.25, 0.3) is 0 Å². The van der Waals surface area contributed by atoms with Crippen molar-refractivity contribution in [2.75, 3.05) is 0 Å². The van der Waals surface area contributed by atoms with Crippen LogP contribution in [0.15, 0.2) is 224 Å². The summed E-state index contributed by atoms with van der Waals surface area (Å²) >= 11 is 0. The zero-order chi connectivity index (χ0) is 36.6. The molecule has 1 aromatic heterocycles. The van der Waals surface area contributed by atoms with E-state index >= 15 is 0 Å². The first-order valence-electron chi connectivity index (χ1n) is 18.9. The minimum atomic E-state index is 1.13. The normalized spacial score (nSPS) is 11.3. The summed E-state index contributed by atoms with van der Waals surface area (Å²) in [6.45, 7) is 0. The van der Waals surface area contributed by atoms with Crippen molar-refractivity contribution >= 4 is 21.8 Å². The summed E-state index contributed by atoms with van der Waals surface area (Å²) in [5.41, 5.74) is 17.8. The highest BCUT2D eigenvalue weighted by Gasteiger charge is 2.20. The van der Waals surface area contributed by atoms with Crippen molar-refractivity contribution in [1.29, 1.82) is 0 Å². The van der Waals surface area contributed by atoms with Gasteiger partial charge in [0.2, 0.25) is 0 Å². The second-order valence-corrected chi connectivity index (χ2v) is 14.2. The average Bonchev–Trinajstić information content (AvgIpc) is 3.61. The Labute approximate surface area is 322 Å². The molecule has 0 aliphatic carbocycles. The van der Waals surface area contributed by atoms with Crippen LogP contribution in [0.5, 0.6) is 0 Å². The Hall–Kier alpha value is -7.22. The molecule has 0 amide bonds. The lowest BCUT2D eigenvalue weighted by Gasteiger charge is -2.17. The zero-order valence-electron chi connectivity index (χ0n) is 30.3. The SMILES string of the molecule is c1ccc(-c2cccc(-c3cc(-c4cccc(-c5ccccc5)c4)c4c(c3)c3ccccc3n4-c3cc(-c4ccccc4)cc(-c4ccccc4)c3)c2)cc1. The lowest BCUT2D eigenvalue weighted by Crippen LogP contribution is -1.98. The Balaban J connectivity index is 1.29. The topological polar surface area (TPSA) is 4.93 Å². The maximum absolute atomic E-state index is 2.50. The smallest absolute Gasteiger partial charge is 0.0619 e. The molecule has 0 radical (unpaired) electrons. The number of para-hydroxylation sites is 1. The molecule has 0 atom stereocenters. The van der Waals surface area contributed by atoms with Crippen molar-refractivity contribution in [3.8, 4) is 72.4 Å². The molecule has 1 nitrogen and oxygen atoms in total. The molecule has 1 heterocycles. The van der Waals surface area contributed by atoms with E-state index < -0.39 is 0 Å². The van der Waals surface area contributed by atoms with E-state index in [4.69, 9.17) is 0 Å². The highest BCUT2D eigenvalue weighted by molar-refractivity contribution is 6.15. The minimum absolute atomic E-state index is 1.13. The Morgan fingerprint density at radius 2 is 0.618 bits per heavy atom. The van der Waals surface area contributed by atoms with Crippen LogP contribution >= 0.6 is 0 Å². The summed E-state index contributed by atoms with van der Waals surface area (Å²) in [4.78, 5) is 0. The van der Waals surface area contributed by atoms with Crippen molar-refractivity contribution in [1.82, 2.24) is 4.57 Å². The molecule has 258 valence electrons. The largest absolute Gasteiger partial charge is 0.309 e. The molecular formula is C54H37N. The molecule has 10 aromatic rings. The predicted molar refractivity (Wildman–Crippen MR) is 233 cm³/mol. The van der Waals surface area contributed by atoms with E-state index in [0.29, 0.717) is 0 Å². The summed E-state index contributed by atoms with van der Waals surface area (Å²) in [5.74, 6) is 0. The third-order valence-corrected chi connectivity index (χ3v) is 10.7. The second kappa shape index (κ2) is 14.0. The quantitative estimate of drug-likeness (QED) is 0.156. The Morgan fingerprint density at radius 1 is 0.236 bits per heavy atom. The Bertz CT molecular complexity index is 2880. The van der Waals surface area contributed by atoms with Gasteiger partial charge in [-0.05, 0) is 110 Å². The molecule has 55 heavy (non-hydrogen) atoms. The molecule has 10 rings (SSSR count). The minimum Gasteiger partial charge on any atom is -0.309 e. The molecular weight excluding hydrogens is 663 g/mol. The highest BCUT2D eigenvalue weighted by atomic mass is 15.0. The van der Waals surface area contributed by atoms with E-state index in [1.54, 1.807) is 0 Å². The van der Waals surface area contributed by atoms with Crippen LogP contribution in [0.2, 0.25) is 0 Å². The maximum atomic E-state index is 2.50. The van der Waals surface area contributed by atoms with Gasteiger partial charge in [-0.1, -0.05) is 176 Å². The summed E-state index contributed by atoms with van der Waals surface area (Å²) in [6, 6.07) is 81.5. The molecule has 0 aliphatic heterocycles. The number of fused-ring (bicyclic) bond motifs is 3. The van der Waals surface area contributed by atoms with Crippen molar-refractivity contribution < 1.29 is 0 Å². The first kappa shape index (κ1) is 32.4. The lowest BCUT2D eigenvalue weighted by molar-refractivity contribution is 1.18. The number of benzene rings is 9. The summed E-state index contributed by atoms with van der Waals surface area (Å²) in [7, 11) is 0. The zero-order valence-corrected chi connectivity index (χ0v) is 30.3. The van der Waals surface area contributed by atoms with E-state index in [1.807, 2.05) is 0 Å².